The SMILES string of the molecule is CNC(c1ccco1)c1cc(Cl)ccc1Cl. The molecule has 0 radical (unpaired) electrons. The zero-order chi connectivity index (χ0) is 11.5. The second-order valence-electron chi connectivity index (χ2n) is 3.40. The van der Waals surface area contributed by atoms with Crippen LogP contribution in [0.25, 0.3) is 0 Å². The van der Waals surface area contributed by atoms with E-state index in [0.29, 0.717) is 10.0 Å². The van der Waals surface area contributed by atoms with Crippen LogP contribution in [0.15, 0.2) is 41.0 Å². The number of hydrogen-bond donors (Lipinski definition) is 1. The van der Waals surface area contributed by atoms with Crippen LogP contribution in [0.4, 0.5) is 0 Å². The second-order valence-corrected chi connectivity index (χ2v) is 4.25. The fraction of sp³-hybridized carbons (Fsp3) is 0.167. The van der Waals surface area contributed by atoms with E-state index in [0.717, 1.165) is 11.3 Å². The van der Waals surface area contributed by atoms with Crippen molar-refractivity contribution in [3.8, 4) is 0 Å². The van der Waals surface area contributed by atoms with Crippen molar-refractivity contribution in [1.82, 2.24) is 5.32 Å². The van der Waals surface area contributed by atoms with E-state index >= 15 is 0 Å². The first-order valence-electron chi connectivity index (χ1n) is 4.88. The van der Waals surface area contributed by atoms with Gasteiger partial charge in [0.05, 0.1) is 12.3 Å². The summed E-state index contributed by atoms with van der Waals surface area (Å²) in [5.41, 5.74) is 0.909. The van der Waals surface area contributed by atoms with Gasteiger partial charge in [0.25, 0.3) is 0 Å². The van der Waals surface area contributed by atoms with Gasteiger partial charge in [0, 0.05) is 10.0 Å². The van der Waals surface area contributed by atoms with E-state index in [2.05, 4.69) is 5.32 Å². The summed E-state index contributed by atoms with van der Waals surface area (Å²) in [5.74, 6) is 0.812. The summed E-state index contributed by atoms with van der Waals surface area (Å²) in [6, 6.07) is 9.06. The summed E-state index contributed by atoms with van der Waals surface area (Å²) in [5, 5.41) is 4.48. The number of furan rings is 1. The van der Waals surface area contributed by atoms with E-state index in [4.69, 9.17) is 27.6 Å². The number of hydrogen-bond acceptors (Lipinski definition) is 2. The maximum Gasteiger partial charge on any atom is 0.125 e. The molecule has 1 heterocycles. The second kappa shape index (κ2) is 4.91. The predicted octanol–water partition coefficient (Wildman–Crippen LogP) is 3.90. The van der Waals surface area contributed by atoms with Crippen LogP contribution in [0, 0.1) is 0 Å². The molecule has 1 unspecified atom stereocenters. The largest absolute Gasteiger partial charge is 0.467 e. The van der Waals surface area contributed by atoms with Gasteiger partial charge < -0.3 is 9.73 Å². The van der Waals surface area contributed by atoms with Crippen molar-refractivity contribution in [2.24, 2.45) is 0 Å². The van der Waals surface area contributed by atoms with Gasteiger partial charge in [0.2, 0.25) is 0 Å². The topological polar surface area (TPSA) is 25.2 Å². The van der Waals surface area contributed by atoms with E-state index < -0.39 is 0 Å². The summed E-state index contributed by atoms with van der Waals surface area (Å²) < 4.78 is 5.37. The summed E-state index contributed by atoms with van der Waals surface area (Å²) in [7, 11) is 1.85. The molecule has 1 aromatic carbocycles. The zero-order valence-electron chi connectivity index (χ0n) is 8.71. The van der Waals surface area contributed by atoms with Gasteiger partial charge in [-0.15, -0.1) is 0 Å². The lowest BCUT2D eigenvalue weighted by Gasteiger charge is -2.15. The summed E-state index contributed by atoms with van der Waals surface area (Å²) >= 11 is 12.1. The van der Waals surface area contributed by atoms with Crippen molar-refractivity contribution in [3.63, 3.8) is 0 Å². The van der Waals surface area contributed by atoms with E-state index in [1.807, 2.05) is 25.2 Å². The van der Waals surface area contributed by atoms with Gasteiger partial charge in [0.15, 0.2) is 0 Å². The molecule has 0 saturated carbocycles. The van der Waals surface area contributed by atoms with E-state index in [-0.39, 0.29) is 6.04 Å². The minimum atomic E-state index is -0.0822. The Morgan fingerprint density at radius 3 is 2.69 bits per heavy atom. The van der Waals surface area contributed by atoms with Crippen LogP contribution in [-0.2, 0) is 0 Å². The molecule has 2 aromatic rings. The quantitative estimate of drug-likeness (QED) is 0.901. The molecule has 1 N–H and O–H groups in total. The van der Waals surface area contributed by atoms with Crippen LogP contribution < -0.4 is 5.32 Å². The van der Waals surface area contributed by atoms with Crippen molar-refractivity contribution in [1.29, 1.82) is 0 Å². The normalized spacial score (nSPS) is 12.7. The fourth-order valence-electron chi connectivity index (χ4n) is 1.64. The molecule has 0 aliphatic heterocycles. The Bertz CT molecular complexity index is 468. The Morgan fingerprint density at radius 2 is 2.06 bits per heavy atom. The monoisotopic (exact) mass is 255 g/mol. The third-order valence-electron chi connectivity index (χ3n) is 2.39. The number of halogens is 2. The van der Waals surface area contributed by atoms with Crippen molar-refractivity contribution < 1.29 is 4.42 Å². The predicted molar refractivity (Wildman–Crippen MR) is 66.1 cm³/mol. The Morgan fingerprint density at radius 1 is 1.25 bits per heavy atom. The molecule has 2 nitrogen and oxygen atoms in total. The minimum Gasteiger partial charge on any atom is -0.467 e. The summed E-state index contributed by atoms with van der Waals surface area (Å²) in [6.45, 7) is 0. The van der Waals surface area contributed by atoms with Gasteiger partial charge in [-0.05, 0) is 42.9 Å². The Kier molecular flexibility index (Phi) is 3.54. The van der Waals surface area contributed by atoms with Crippen LogP contribution >= 0.6 is 23.2 Å². The van der Waals surface area contributed by atoms with Gasteiger partial charge in [-0.3, -0.25) is 0 Å². The van der Waals surface area contributed by atoms with Crippen LogP contribution in [0.2, 0.25) is 10.0 Å². The first kappa shape index (κ1) is 11.5. The van der Waals surface area contributed by atoms with Gasteiger partial charge in [-0.25, -0.2) is 0 Å². The van der Waals surface area contributed by atoms with Crippen molar-refractivity contribution in [2.45, 2.75) is 6.04 Å². The highest BCUT2D eigenvalue weighted by Gasteiger charge is 2.17. The molecule has 0 saturated heterocycles. The molecule has 4 heteroatoms. The standard InChI is InChI=1S/C12H11Cl2NO/c1-15-12(11-3-2-6-16-11)9-7-8(13)4-5-10(9)14/h2-7,12,15H,1H3. The number of rotatable bonds is 3. The van der Waals surface area contributed by atoms with Gasteiger partial charge in [0.1, 0.15) is 5.76 Å². The Hall–Kier alpha value is -0.960. The number of benzene rings is 1. The van der Waals surface area contributed by atoms with E-state index in [1.54, 1.807) is 18.4 Å². The molecular formula is C12H11Cl2NO. The first-order valence-corrected chi connectivity index (χ1v) is 5.63. The minimum absolute atomic E-state index is 0.0822. The van der Waals surface area contributed by atoms with Crippen LogP contribution in [0.1, 0.15) is 17.4 Å². The fourth-order valence-corrected chi connectivity index (χ4v) is 2.05. The molecule has 0 fully saturated rings. The smallest absolute Gasteiger partial charge is 0.125 e. The summed E-state index contributed by atoms with van der Waals surface area (Å²) in [4.78, 5) is 0. The van der Waals surface area contributed by atoms with Crippen molar-refractivity contribution >= 4 is 23.2 Å². The zero-order valence-corrected chi connectivity index (χ0v) is 10.2. The lowest BCUT2D eigenvalue weighted by Crippen LogP contribution is -2.17. The lowest BCUT2D eigenvalue weighted by atomic mass is 10.0. The van der Waals surface area contributed by atoms with Crippen molar-refractivity contribution in [2.75, 3.05) is 7.05 Å². The molecule has 16 heavy (non-hydrogen) atoms. The van der Waals surface area contributed by atoms with Gasteiger partial charge in [-0.2, -0.15) is 0 Å². The molecular weight excluding hydrogens is 245 g/mol. The van der Waals surface area contributed by atoms with Crippen molar-refractivity contribution in [3.05, 3.63) is 58.0 Å². The maximum atomic E-state index is 6.15. The highest BCUT2D eigenvalue weighted by Crippen LogP contribution is 2.30. The van der Waals surface area contributed by atoms with Crippen LogP contribution in [0.5, 0.6) is 0 Å². The van der Waals surface area contributed by atoms with Crippen LogP contribution in [0.3, 0.4) is 0 Å². The van der Waals surface area contributed by atoms with E-state index in [1.165, 1.54) is 0 Å². The highest BCUT2D eigenvalue weighted by molar-refractivity contribution is 6.33. The first-order chi connectivity index (χ1) is 7.72. The van der Waals surface area contributed by atoms with Crippen LogP contribution in [-0.4, -0.2) is 7.05 Å². The molecule has 0 aliphatic rings. The molecule has 1 aromatic heterocycles. The molecule has 0 amide bonds. The van der Waals surface area contributed by atoms with Gasteiger partial charge >= 0.3 is 0 Å². The molecule has 0 spiro atoms. The Balaban J connectivity index is 2.44. The third-order valence-corrected chi connectivity index (χ3v) is 2.96. The number of nitrogens with one attached hydrogen (secondary N) is 1. The average Bonchev–Trinajstić information content (AvgIpc) is 2.78. The molecule has 0 aliphatic carbocycles. The lowest BCUT2D eigenvalue weighted by molar-refractivity contribution is 0.463. The molecule has 84 valence electrons. The maximum absolute atomic E-state index is 6.15. The Labute approximate surface area is 104 Å². The third kappa shape index (κ3) is 2.24. The highest BCUT2D eigenvalue weighted by atomic mass is 35.5. The summed E-state index contributed by atoms with van der Waals surface area (Å²) in [6.07, 6.45) is 1.64. The molecule has 1 atom stereocenters. The molecule has 2 rings (SSSR count). The van der Waals surface area contributed by atoms with Gasteiger partial charge in [-0.1, -0.05) is 23.2 Å². The van der Waals surface area contributed by atoms with E-state index in [9.17, 15) is 0 Å². The average molecular weight is 256 g/mol. The molecule has 0 bridgehead atoms.